The Balaban J connectivity index is 1.67. The lowest BCUT2D eigenvalue weighted by Gasteiger charge is -2.24. The number of aromatic nitrogens is 1. The number of hydrogen-bond acceptors (Lipinski definition) is 6. The monoisotopic (exact) mass is 343 g/mol. The van der Waals surface area contributed by atoms with Crippen LogP contribution in [0, 0.1) is 6.92 Å². The van der Waals surface area contributed by atoms with E-state index in [1.165, 1.54) is 11.3 Å². The summed E-state index contributed by atoms with van der Waals surface area (Å²) in [5.74, 6) is 0. The van der Waals surface area contributed by atoms with E-state index in [9.17, 15) is 8.42 Å². The highest BCUT2D eigenvalue weighted by atomic mass is 32.2. The number of thiophene rings is 1. The lowest BCUT2D eigenvalue weighted by atomic mass is 10.2. The summed E-state index contributed by atoms with van der Waals surface area (Å²) in [6, 6.07) is 3.68. The molecule has 1 atom stereocenters. The fraction of sp³-hybridized carbons (Fsp3) is 0.462. The Labute approximate surface area is 132 Å². The molecule has 21 heavy (non-hydrogen) atoms. The molecule has 1 unspecified atom stereocenters. The first kappa shape index (κ1) is 15.0. The summed E-state index contributed by atoms with van der Waals surface area (Å²) in [5.41, 5.74) is 0. The topological polar surface area (TPSA) is 62.3 Å². The molecule has 0 spiro atoms. The number of sulfonamides is 1. The van der Waals surface area contributed by atoms with Crippen LogP contribution in [-0.4, -0.2) is 32.5 Å². The average Bonchev–Trinajstić information content (AvgIpc) is 3.17. The van der Waals surface area contributed by atoms with Gasteiger partial charge in [-0.25, -0.2) is 18.1 Å². The van der Waals surface area contributed by atoms with Crippen molar-refractivity contribution in [1.29, 1.82) is 0 Å². The standard InChI is InChI=1S/C13H17N3O2S3/c1-10-4-5-12(20-10)21(17,18)15-9-11-3-2-7-16(11)13-14-6-8-19-13/h4-6,8,11,15H,2-3,7,9H2,1H3. The van der Waals surface area contributed by atoms with Crippen molar-refractivity contribution in [2.45, 2.75) is 30.0 Å². The predicted molar refractivity (Wildman–Crippen MR) is 86.7 cm³/mol. The summed E-state index contributed by atoms with van der Waals surface area (Å²) in [6.45, 7) is 3.28. The third-order valence-corrected chi connectivity index (χ3v) is 7.26. The van der Waals surface area contributed by atoms with Gasteiger partial charge in [-0.1, -0.05) is 0 Å². The molecule has 5 nitrogen and oxygen atoms in total. The van der Waals surface area contributed by atoms with Gasteiger partial charge in [0.2, 0.25) is 10.0 Å². The molecule has 0 aliphatic carbocycles. The van der Waals surface area contributed by atoms with Crippen LogP contribution in [0.4, 0.5) is 5.13 Å². The highest BCUT2D eigenvalue weighted by Crippen LogP contribution is 2.27. The maximum atomic E-state index is 12.3. The van der Waals surface area contributed by atoms with Crippen molar-refractivity contribution in [2.24, 2.45) is 0 Å². The number of nitrogens with zero attached hydrogens (tertiary/aromatic N) is 2. The van der Waals surface area contributed by atoms with Crippen LogP contribution < -0.4 is 9.62 Å². The third-order valence-electron chi connectivity index (χ3n) is 3.53. The van der Waals surface area contributed by atoms with Gasteiger partial charge < -0.3 is 4.90 Å². The van der Waals surface area contributed by atoms with Crippen molar-refractivity contribution < 1.29 is 8.42 Å². The van der Waals surface area contributed by atoms with Crippen LogP contribution in [0.3, 0.4) is 0 Å². The van der Waals surface area contributed by atoms with Gasteiger partial charge in [-0.05, 0) is 31.9 Å². The molecule has 1 aliphatic rings. The van der Waals surface area contributed by atoms with E-state index >= 15 is 0 Å². The normalized spacial score (nSPS) is 19.3. The maximum Gasteiger partial charge on any atom is 0.250 e. The first-order chi connectivity index (χ1) is 10.1. The van der Waals surface area contributed by atoms with Crippen molar-refractivity contribution in [2.75, 3.05) is 18.0 Å². The quantitative estimate of drug-likeness (QED) is 0.906. The van der Waals surface area contributed by atoms with Gasteiger partial charge in [0.25, 0.3) is 0 Å². The number of hydrogen-bond donors (Lipinski definition) is 1. The van der Waals surface area contributed by atoms with E-state index in [-0.39, 0.29) is 6.04 Å². The smallest absolute Gasteiger partial charge is 0.250 e. The number of aryl methyl sites for hydroxylation is 1. The second kappa shape index (κ2) is 6.04. The van der Waals surface area contributed by atoms with Crippen LogP contribution in [-0.2, 0) is 10.0 Å². The van der Waals surface area contributed by atoms with Gasteiger partial charge in [-0.15, -0.1) is 22.7 Å². The molecule has 1 fully saturated rings. The Kier molecular flexibility index (Phi) is 4.30. The fourth-order valence-electron chi connectivity index (χ4n) is 2.49. The number of anilines is 1. The fourth-order valence-corrected chi connectivity index (χ4v) is 5.63. The van der Waals surface area contributed by atoms with E-state index in [1.807, 2.05) is 18.4 Å². The lowest BCUT2D eigenvalue weighted by Crippen LogP contribution is -2.40. The lowest BCUT2D eigenvalue weighted by molar-refractivity contribution is 0.569. The van der Waals surface area contributed by atoms with Crippen molar-refractivity contribution in [3.63, 3.8) is 0 Å². The van der Waals surface area contributed by atoms with Gasteiger partial charge in [-0.2, -0.15) is 0 Å². The Bertz CT molecular complexity index is 694. The summed E-state index contributed by atoms with van der Waals surface area (Å²) in [7, 11) is -3.39. The van der Waals surface area contributed by atoms with Crippen LogP contribution >= 0.6 is 22.7 Å². The van der Waals surface area contributed by atoms with E-state index in [0.29, 0.717) is 10.8 Å². The summed E-state index contributed by atoms with van der Waals surface area (Å²) >= 11 is 2.90. The zero-order valence-electron chi connectivity index (χ0n) is 11.7. The minimum atomic E-state index is -3.39. The number of nitrogens with one attached hydrogen (secondary N) is 1. The summed E-state index contributed by atoms with van der Waals surface area (Å²) in [5, 5.41) is 2.92. The first-order valence-corrected chi connectivity index (χ1v) is 9.96. The number of thiazole rings is 1. The largest absolute Gasteiger partial charge is 0.344 e. The SMILES string of the molecule is Cc1ccc(S(=O)(=O)NCC2CCCN2c2nccs2)s1. The molecule has 1 saturated heterocycles. The van der Waals surface area contributed by atoms with Crippen molar-refractivity contribution in [1.82, 2.24) is 9.71 Å². The van der Waals surface area contributed by atoms with Crippen molar-refractivity contribution >= 4 is 37.8 Å². The van der Waals surface area contributed by atoms with Gasteiger partial charge in [0.1, 0.15) is 4.21 Å². The molecule has 0 bridgehead atoms. The van der Waals surface area contributed by atoms with E-state index in [4.69, 9.17) is 0 Å². The molecule has 0 radical (unpaired) electrons. The molecule has 0 saturated carbocycles. The molecular formula is C13H17N3O2S3. The highest BCUT2D eigenvalue weighted by molar-refractivity contribution is 7.91. The molecule has 0 aromatic carbocycles. The molecule has 3 heterocycles. The highest BCUT2D eigenvalue weighted by Gasteiger charge is 2.28. The van der Waals surface area contributed by atoms with E-state index in [2.05, 4.69) is 14.6 Å². The second-order valence-corrected chi connectivity index (χ2v) is 9.18. The molecule has 1 aliphatic heterocycles. The van der Waals surface area contributed by atoms with Gasteiger partial charge in [-0.3, -0.25) is 0 Å². The van der Waals surface area contributed by atoms with Crippen LogP contribution in [0.2, 0.25) is 0 Å². The number of rotatable bonds is 5. The molecule has 2 aromatic heterocycles. The zero-order valence-corrected chi connectivity index (χ0v) is 14.1. The first-order valence-electron chi connectivity index (χ1n) is 6.78. The summed E-state index contributed by atoms with van der Waals surface area (Å²) in [6.07, 6.45) is 3.85. The maximum absolute atomic E-state index is 12.3. The van der Waals surface area contributed by atoms with Gasteiger partial charge >= 0.3 is 0 Å². The van der Waals surface area contributed by atoms with Gasteiger partial charge in [0.15, 0.2) is 5.13 Å². The zero-order chi connectivity index (χ0) is 14.9. The van der Waals surface area contributed by atoms with E-state index in [1.54, 1.807) is 23.6 Å². The molecule has 2 aromatic rings. The Morgan fingerprint density at radius 3 is 3.00 bits per heavy atom. The van der Waals surface area contributed by atoms with Crippen molar-refractivity contribution in [3.05, 3.63) is 28.6 Å². The van der Waals surface area contributed by atoms with Gasteiger partial charge in [0, 0.05) is 35.6 Å². The summed E-state index contributed by atoms with van der Waals surface area (Å²) in [4.78, 5) is 7.53. The Morgan fingerprint density at radius 2 is 2.33 bits per heavy atom. The average molecular weight is 343 g/mol. The predicted octanol–water partition coefficient (Wildman–Crippen LogP) is 2.46. The van der Waals surface area contributed by atoms with Crippen LogP contribution in [0.5, 0.6) is 0 Å². The van der Waals surface area contributed by atoms with E-state index in [0.717, 1.165) is 29.4 Å². The molecular weight excluding hydrogens is 326 g/mol. The molecule has 8 heteroatoms. The van der Waals surface area contributed by atoms with Crippen molar-refractivity contribution in [3.8, 4) is 0 Å². The molecule has 114 valence electrons. The molecule has 3 rings (SSSR count). The molecule has 1 N–H and O–H groups in total. The Morgan fingerprint density at radius 1 is 1.48 bits per heavy atom. The third kappa shape index (κ3) is 3.28. The summed E-state index contributed by atoms with van der Waals surface area (Å²) < 4.78 is 27.7. The minimum Gasteiger partial charge on any atom is -0.344 e. The second-order valence-electron chi connectivity index (χ2n) is 5.02. The molecule has 0 amide bonds. The Hall–Kier alpha value is -0.960. The van der Waals surface area contributed by atoms with E-state index < -0.39 is 10.0 Å². The minimum absolute atomic E-state index is 0.187. The van der Waals surface area contributed by atoms with Crippen LogP contribution in [0.1, 0.15) is 17.7 Å². The van der Waals surface area contributed by atoms with Crippen LogP contribution in [0.25, 0.3) is 0 Å². The van der Waals surface area contributed by atoms with Crippen LogP contribution in [0.15, 0.2) is 27.9 Å². The van der Waals surface area contributed by atoms with Gasteiger partial charge in [0.05, 0.1) is 0 Å².